The van der Waals surface area contributed by atoms with E-state index in [1.54, 1.807) is 13.2 Å². The Morgan fingerprint density at radius 3 is 2.47 bits per heavy atom. The lowest BCUT2D eigenvalue weighted by molar-refractivity contribution is 0.411. The first kappa shape index (κ1) is 13.5. The maximum Gasteiger partial charge on any atom is 0.123 e. The maximum absolute atomic E-state index is 13.3. The van der Waals surface area contributed by atoms with Crippen molar-refractivity contribution in [2.45, 2.75) is 13.0 Å². The van der Waals surface area contributed by atoms with Gasteiger partial charge in [-0.25, -0.2) is 9.82 Å². The van der Waals surface area contributed by atoms with Gasteiger partial charge in [0.25, 0.3) is 0 Å². The van der Waals surface area contributed by atoms with Crippen LogP contribution >= 0.6 is 0 Å². The molecule has 3 N–H and O–H groups in total. The zero-order chi connectivity index (χ0) is 13.8. The van der Waals surface area contributed by atoms with E-state index in [1.165, 1.54) is 12.1 Å². The van der Waals surface area contributed by atoms with Crippen molar-refractivity contribution in [2.75, 3.05) is 7.11 Å². The number of nitrogens with two attached hydrogens (primary N) is 1. The van der Waals surface area contributed by atoms with E-state index < -0.39 is 0 Å². The van der Waals surface area contributed by atoms with Crippen LogP contribution < -0.4 is 16.0 Å². The minimum Gasteiger partial charge on any atom is -0.496 e. The molecule has 0 aliphatic heterocycles. The van der Waals surface area contributed by atoms with E-state index in [0.29, 0.717) is 0 Å². The van der Waals surface area contributed by atoms with Gasteiger partial charge in [0.05, 0.1) is 13.2 Å². The zero-order valence-electron chi connectivity index (χ0n) is 11.0. The smallest absolute Gasteiger partial charge is 0.123 e. The number of rotatable bonds is 4. The molecule has 0 aromatic heterocycles. The van der Waals surface area contributed by atoms with Crippen molar-refractivity contribution in [1.82, 2.24) is 5.43 Å². The van der Waals surface area contributed by atoms with Crippen LogP contribution in [0.25, 0.3) is 0 Å². The molecule has 0 fully saturated rings. The summed E-state index contributed by atoms with van der Waals surface area (Å²) in [6.45, 7) is 1.96. The van der Waals surface area contributed by atoms with Gasteiger partial charge in [-0.1, -0.05) is 24.3 Å². The number of aryl methyl sites for hydroxylation is 1. The summed E-state index contributed by atoms with van der Waals surface area (Å²) in [6, 6.07) is 11.9. The van der Waals surface area contributed by atoms with Crippen LogP contribution in [0.5, 0.6) is 5.75 Å². The van der Waals surface area contributed by atoms with E-state index in [2.05, 4.69) is 5.43 Å². The SMILES string of the molecule is COc1ccc(C(NN)c2cccc(F)c2)cc1C. The number of nitrogens with one attached hydrogen (secondary N) is 1. The first-order valence-electron chi connectivity index (χ1n) is 6.02. The van der Waals surface area contributed by atoms with Crippen LogP contribution in [-0.4, -0.2) is 7.11 Å². The highest BCUT2D eigenvalue weighted by Gasteiger charge is 2.14. The van der Waals surface area contributed by atoms with Crippen LogP contribution in [-0.2, 0) is 0 Å². The second-order valence-corrected chi connectivity index (χ2v) is 4.38. The topological polar surface area (TPSA) is 47.3 Å². The van der Waals surface area contributed by atoms with Crippen molar-refractivity contribution >= 4 is 0 Å². The normalized spacial score (nSPS) is 12.2. The fraction of sp³-hybridized carbons (Fsp3) is 0.200. The molecule has 0 aliphatic rings. The average Bonchev–Trinajstić information content (AvgIpc) is 2.40. The largest absolute Gasteiger partial charge is 0.496 e. The van der Waals surface area contributed by atoms with Crippen LogP contribution in [0.3, 0.4) is 0 Å². The molecule has 3 nitrogen and oxygen atoms in total. The first-order valence-corrected chi connectivity index (χ1v) is 6.02. The summed E-state index contributed by atoms with van der Waals surface area (Å²) in [5.74, 6) is 6.15. The van der Waals surface area contributed by atoms with Gasteiger partial charge >= 0.3 is 0 Å². The second-order valence-electron chi connectivity index (χ2n) is 4.38. The van der Waals surface area contributed by atoms with Crippen molar-refractivity contribution in [3.8, 4) is 5.75 Å². The molecule has 2 aromatic carbocycles. The fourth-order valence-electron chi connectivity index (χ4n) is 2.15. The van der Waals surface area contributed by atoms with Gasteiger partial charge in [0, 0.05) is 0 Å². The third-order valence-electron chi connectivity index (χ3n) is 3.10. The number of hydrogen-bond acceptors (Lipinski definition) is 3. The summed E-state index contributed by atoms with van der Waals surface area (Å²) in [5.41, 5.74) is 5.48. The summed E-state index contributed by atoms with van der Waals surface area (Å²) in [5, 5.41) is 0. The Hall–Kier alpha value is -1.91. The molecule has 0 amide bonds. The fourth-order valence-corrected chi connectivity index (χ4v) is 2.15. The Morgan fingerprint density at radius 1 is 1.16 bits per heavy atom. The number of ether oxygens (including phenoxy) is 1. The van der Waals surface area contributed by atoms with Gasteiger partial charge in [-0.05, 0) is 41.8 Å². The lowest BCUT2D eigenvalue weighted by Gasteiger charge is -2.18. The second kappa shape index (κ2) is 5.82. The molecule has 0 heterocycles. The lowest BCUT2D eigenvalue weighted by Crippen LogP contribution is -2.29. The lowest BCUT2D eigenvalue weighted by atomic mass is 9.97. The van der Waals surface area contributed by atoms with Gasteiger partial charge in [-0.2, -0.15) is 0 Å². The van der Waals surface area contributed by atoms with Gasteiger partial charge < -0.3 is 4.74 Å². The van der Waals surface area contributed by atoms with Crippen molar-refractivity contribution in [1.29, 1.82) is 0 Å². The Kier molecular flexibility index (Phi) is 4.14. The molecule has 0 saturated heterocycles. The molecular weight excluding hydrogens is 243 g/mol. The van der Waals surface area contributed by atoms with Crippen LogP contribution in [0.2, 0.25) is 0 Å². The Morgan fingerprint density at radius 2 is 1.89 bits per heavy atom. The summed E-state index contributed by atoms with van der Waals surface area (Å²) in [7, 11) is 1.63. The number of hydrazine groups is 1. The van der Waals surface area contributed by atoms with E-state index in [9.17, 15) is 4.39 Å². The van der Waals surface area contributed by atoms with Crippen molar-refractivity contribution in [2.24, 2.45) is 5.84 Å². The molecule has 2 rings (SSSR count). The number of benzene rings is 2. The molecule has 100 valence electrons. The Bertz CT molecular complexity index is 572. The molecule has 0 radical (unpaired) electrons. The van der Waals surface area contributed by atoms with Gasteiger partial charge in [0.2, 0.25) is 0 Å². The number of methoxy groups -OCH3 is 1. The molecule has 1 unspecified atom stereocenters. The van der Waals surface area contributed by atoms with E-state index in [0.717, 1.165) is 22.4 Å². The highest BCUT2D eigenvalue weighted by Crippen LogP contribution is 2.26. The zero-order valence-corrected chi connectivity index (χ0v) is 11.0. The van der Waals surface area contributed by atoms with Crippen LogP contribution in [0.4, 0.5) is 4.39 Å². The van der Waals surface area contributed by atoms with E-state index >= 15 is 0 Å². The molecular formula is C15H17FN2O. The standard InChI is InChI=1S/C15H17FN2O/c1-10-8-12(6-7-14(10)19-2)15(18-17)11-4-3-5-13(16)9-11/h3-9,15,18H,17H2,1-2H3. The molecule has 2 aromatic rings. The molecule has 19 heavy (non-hydrogen) atoms. The third kappa shape index (κ3) is 2.92. The Balaban J connectivity index is 2.39. The van der Waals surface area contributed by atoms with Crippen molar-refractivity contribution in [3.63, 3.8) is 0 Å². The molecule has 0 aliphatic carbocycles. The van der Waals surface area contributed by atoms with Gasteiger partial charge in [0.1, 0.15) is 11.6 Å². The number of hydrogen-bond donors (Lipinski definition) is 2. The summed E-state index contributed by atoms with van der Waals surface area (Å²) in [6.07, 6.45) is 0. The average molecular weight is 260 g/mol. The van der Waals surface area contributed by atoms with E-state index in [4.69, 9.17) is 10.6 Å². The molecule has 0 bridgehead atoms. The highest BCUT2D eigenvalue weighted by atomic mass is 19.1. The quantitative estimate of drug-likeness (QED) is 0.656. The summed E-state index contributed by atoms with van der Waals surface area (Å²) in [4.78, 5) is 0. The Labute approximate surface area is 112 Å². The summed E-state index contributed by atoms with van der Waals surface area (Å²) < 4.78 is 18.5. The van der Waals surface area contributed by atoms with Gasteiger partial charge in [-0.3, -0.25) is 5.84 Å². The van der Waals surface area contributed by atoms with E-state index in [1.807, 2.05) is 31.2 Å². The third-order valence-corrected chi connectivity index (χ3v) is 3.10. The predicted molar refractivity (Wildman–Crippen MR) is 73.3 cm³/mol. The van der Waals surface area contributed by atoms with Crippen LogP contribution in [0, 0.1) is 12.7 Å². The molecule has 0 spiro atoms. The molecule has 0 saturated carbocycles. The molecule has 4 heteroatoms. The summed E-state index contributed by atoms with van der Waals surface area (Å²) >= 11 is 0. The van der Waals surface area contributed by atoms with E-state index in [-0.39, 0.29) is 11.9 Å². The molecule has 1 atom stereocenters. The van der Waals surface area contributed by atoms with Gasteiger partial charge in [0.15, 0.2) is 0 Å². The predicted octanol–water partition coefficient (Wildman–Crippen LogP) is 2.70. The first-order chi connectivity index (χ1) is 9.15. The van der Waals surface area contributed by atoms with Crippen molar-refractivity contribution in [3.05, 3.63) is 65.0 Å². The monoisotopic (exact) mass is 260 g/mol. The highest BCUT2D eigenvalue weighted by molar-refractivity contribution is 5.40. The van der Waals surface area contributed by atoms with Crippen molar-refractivity contribution < 1.29 is 9.13 Å². The maximum atomic E-state index is 13.3. The minimum atomic E-state index is -0.275. The minimum absolute atomic E-state index is 0.250. The van der Waals surface area contributed by atoms with Gasteiger partial charge in [-0.15, -0.1) is 0 Å². The number of halogens is 1. The van der Waals surface area contributed by atoms with Crippen LogP contribution in [0.15, 0.2) is 42.5 Å². The van der Waals surface area contributed by atoms with Crippen LogP contribution in [0.1, 0.15) is 22.7 Å².